The molecule has 0 aliphatic rings. The minimum atomic E-state index is -1.07. The Bertz CT molecular complexity index is 1290. The monoisotopic (exact) mass is 503 g/mol. The number of ether oxygens (including phenoxy) is 1. The first kappa shape index (κ1) is 22.6. The van der Waals surface area contributed by atoms with E-state index in [2.05, 4.69) is 21.2 Å². The molecular formula is C27H22BrNO4. The number of carboxylic acids is 1. The summed E-state index contributed by atoms with van der Waals surface area (Å²) in [5.74, 6) is -0.760. The van der Waals surface area contributed by atoms with Crippen LogP contribution in [0.1, 0.15) is 21.5 Å². The van der Waals surface area contributed by atoms with Gasteiger partial charge in [-0.25, -0.2) is 4.79 Å². The SMILES string of the molecule is O=C(N[C@@H](Cc1ccccc1)C(=O)O)c1ccc2cc(OCc3cccc(Br)c3)ccc2c1. The molecular weight excluding hydrogens is 482 g/mol. The van der Waals surface area contributed by atoms with Crippen LogP contribution in [-0.2, 0) is 17.8 Å². The lowest BCUT2D eigenvalue weighted by atomic mass is 10.0. The van der Waals surface area contributed by atoms with Gasteiger partial charge in [0.25, 0.3) is 5.91 Å². The van der Waals surface area contributed by atoms with Crippen LogP contribution in [0, 0.1) is 0 Å². The minimum absolute atomic E-state index is 0.216. The smallest absolute Gasteiger partial charge is 0.326 e. The third-order valence-electron chi connectivity index (χ3n) is 5.25. The lowest BCUT2D eigenvalue weighted by molar-refractivity contribution is -0.139. The molecule has 0 fully saturated rings. The van der Waals surface area contributed by atoms with E-state index in [1.54, 1.807) is 12.1 Å². The third kappa shape index (κ3) is 5.99. The first-order valence-electron chi connectivity index (χ1n) is 10.5. The van der Waals surface area contributed by atoms with E-state index in [9.17, 15) is 14.7 Å². The maximum absolute atomic E-state index is 12.7. The second-order valence-corrected chi connectivity index (χ2v) is 8.61. The molecule has 0 saturated heterocycles. The summed E-state index contributed by atoms with van der Waals surface area (Å²) >= 11 is 3.46. The fourth-order valence-corrected chi connectivity index (χ4v) is 3.99. The van der Waals surface area contributed by atoms with Gasteiger partial charge >= 0.3 is 5.97 Å². The molecule has 4 aromatic carbocycles. The number of fused-ring (bicyclic) bond motifs is 1. The molecule has 0 aromatic heterocycles. The Hall–Kier alpha value is -3.64. The average molecular weight is 504 g/mol. The highest BCUT2D eigenvalue weighted by Gasteiger charge is 2.21. The average Bonchev–Trinajstić information content (AvgIpc) is 2.82. The zero-order valence-electron chi connectivity index (χ0n) is 17.7. The molecule has 2 N–H and O–H groups in total. The van der Waals surface area contributed by atoms with Gasteiger partial charge in [0, 0.05) is 16.5 Å². The number of carbonyl (C=O) groups excluding carboxylic acids is 1. The van der Waals surface area contributed by atoms with Crippen molar-refractivity contribution in [3.8, 4) is 5.75 Å². The molecule has 0 spiro atoms. The molecule has 0 saturated carbocycles. The number of hydrogen-bond donors (Lipinski definition) is 2. The van der Waals surface area contributed by atoms with Crippen LogP contribution in [0.3, 0.4) is 0 Å². The van der Waals surface area contributed by atoms with Gasteiger partial charge in [-0.1, -0.05) is 70.5 Å². The maximum Gasteiger partial charge on any atom is 0.326 e. The zero-order chi connectivity index (χ0) is 23.2. The summed E-state index contributed by atoms with van der Waals surface area (Å²) in [4.78, 5) is 24.4. The molecule has 4 rings (SSSR count). The lowest BCUT2D eigenvalue weighted by Crippen LogP contribution is -2.42. The Labute approximate surface area is 200 Å². The number of nitrogens with one attached hydrogen (secondary N) is 1. The first-order valence-corrected chi connectivity index (χ1v) is 11.3. The summed E-state index contributed by atoms with van der Waals surface area (Å²) in [5.41, 5.74) is 2.31. The van der Waals surface area contributed by atoms with E-state index in [1.807, 2.05) is 78.9 Å². The van der Waals surface area contributed by atoms with Crippen molar-refractivity contribution in [3.05, 3.63) is 112 Å². The molecule has 6 heteroatoms. The summed E-state index contributed by atoms with van der Waals surface area (Å²) in [6.07, 6.45) is 0.216. The number of carbonyl (C=O) groups is 2. The Kier molecular flexibility index (Phi) is 7.05. The molecule has 1 amide bonds. The van der Waals surface area contributed by atoms with E-state index in [1.165, 1.54) is 0 Å². The molecule has 0 heterocycles. The standard InChI is InChI=1S/C27H22BrNO4/c28-23-8-4-7-19(13-23)17-33-24-12-11-20-15-22(10-9-21(20)16-24)26(30)29-25(27(31)32)14-18-5-2-1-3-6-18/h1-13,15-16,25H,14,17H2,(H,29,30)(H,31,32)/t25-/m0/s1. The number of halogens is 1. The van der Waals surface area contributed by atoms with Crippen molar-refractivity contribution in [1.82, 2.24) is 5.32 Å². The highest BCUT2D eigenvalue weighted by molar-refractivity contribution is 9.10. The summed E-state index contributed by atoms with van der Waals surface area (Å²) in [6.45, 7) is 0.448. The first-order chi connectivity index (χ1) is 16.0. The fraction of sp³-hybridized carbons (Fsp3) is 0.111. The predicted molar refractivity (Wildman–Crippen MR) is 131 cm³/mol. The van der Waals surface area contributed by atoms with Crippen LogP contribution >= 0.6 is 15.9 Å². The van der Waals surface area contributed by atoms with Crippen molar-refractivity contribution in [3.63, 3.8) is 0 Å². The molecule has 1 atom stereocenters. The van der Waals surface area contributed by atoms with Gasteiger partial charge in [-0.05, 0) is 58.3 Å². The van der Waals surface area contributed by atoms with Crippen LogP contribution in [0.4, 0.5) is 0 Å². The fourth-order valence-electron chi connectivity index (χ4n) is 3.54. The second kappa shape index (κ2) is 10.3. The van der Waals surface area contributed by atoms with E-state index >= 15 is 0 Å². The highest BCUT2D eigenvalue weighted by atomic mass is 79.9. The summed E-state index contributed by atoms with van der Waals surface area (Å²) < 4.78 is 6.90. The van der Waals surface area contributed by atoms with Crippen molar-refractivity contribution in [2.24, 2.45) is 0 Å². The molecule has 0 radical (unpaired) electrons. The number of benzene rings is 4. The number of aliphatic carboxylic acids is 1. The van der Waals surface area contributed by atoms with Gasteiger partial charge in [0.2, 0.25) is 0 Å². The Morgan fingerprint density at radius 2 is 1.58 bits per heavy atom. The van der Waals surface area contributed by atoms with Gasteiger partial charge in [0.15, 0.2) is 0 Å². The van der Waals surface area contributed by atoms with Crippen molar-refractivity contribution in [1.29, 1.82) is 0 Å². The number of amides is 1. The minimum Gasteiger partial charge on any atom is -0.489 e. The van der Waals surface area contributed by atoms with Crippen LogP contribution in [0.2, 0.25) is 0 Å². The largest absolute Gasteiger partial charge is 0.489 e. The topological polar surface area (TPSA) is 75.6 Å². The van der Waals surface area contributed by atoms with Crippen LogP contribution in [0.5, 0.6) is 5.75 Å². The Morgan fingerprint density at radius 3 is 2.33 bits per heavy atom. The molecule has 166 valence electrons. The summed E-state index contributed by atoms with van der Waals surface area (Å²) in [6, 6.07) is 27.1. The summed E-state index contributed by atoms with van der Waals surface area (Å²) in [5, 5.41) is 14.0. The van der Waals surface area contributed by atoms with Crippen molar-refractivity contribution >= 4 is 38.6 Å². The van der Waals surface area contributed by atoms with Gasteiger partial charge in [-0.2, -0.15) is 0 Å². The molecule has 0 unspecified atom stereocenters. The molecule has 0 aliphatic heterocycles. The number of rotatable bonds is 8. The van der Waals surface area contributed by atoms with Crippen molar-refractivity contribution in [2.75, 3.05) is 0 Å². The quantitative estimate of drug-likeness (QED) is 0.327. The maximum atomic E-state index is 12.7. The summed E-state index contributed by atoms with van der Waals surface area (Å²) in [7, 11) is 0. The van der Waals surface area contributed by atoms with E-state index in [-0.39, 0.29) is 6.42 Å². The Balaban J connectivity index is 1.45. The van der Waals surface area contributed by atoms with Gasteiger partial charge in [-0.15, -0.1) is 0 Å². The molecule has 33 heavy (non-hydrogen) atoms. The van der Waals surface area contributed by atoms with Crippen LogP contribution in [-0.4, -0.2) is 23.0 Å². The normalized spacial score (nSPS) is 11.7. The van der Waals surface area contributed by atoms with Crippen molar-refractivity contribution < 1.29 is 19.4 Å². The number of hydrogen-bond acceptors (Lipinski definition) is 3. The van der Waals surface area contributed by atoms with Crippen LogP contribution < -0.4 is 10.1 Å². The number of carboxylic acid groups (broad SMARTS) is 1. The third-order valence-corrected chi connectivity index (χ3v) is 5.75. The lowest BCUT2D eigenvalue weighted by Gasteiger charge is -2.15. The Morgan fingerprint density at radius 1 is 0.848 bits per heavy atom. The van der Waals surface area contributed by atoms with E-state index in [0.29, 0.717) is 12.2 Å². The molecule has 5 nitrogen and oxygen atoms in total. The molecule has 0 aliphatic carbocycles. The predicted octanol–water partition coefficient (Wildman–Crippen LogP) is 5.61. The second-order valence-electron chi connectivity index (χ2n) is 7.70. The molecule has 4 aromatic rings. The zero-order valence-corrected chi connectivity index (χ0v) is 19.3. The van der Waals surface area contributed by atoms with Gasteiger partial charge in [0.1, 0.15) is 18.4 Å². The van der Waals surface area contributed by atoms with Gasteiger partial charge < -0.3 is 15.2 Å². The van der Waals surface area contributed by atoms with Gasteiger partial charge in [-0.3, -0.25) is 4.79 Å². The van der Waals surface area contributed by atoms with Gasteiger partial charge in [0.05, 0.1) is 0 Å². The molecule has 0 bridgehead atoms. The van der Waals surface area contributed by atoms with Crippen molar-refractivity contribution in [2.45, 2.75) is 19.1 Å². The highest BCUT2D eigenvalue weighted by Crippen LogP contribution is 2.23. The van der Waals surface area contributed by atoms with E-state index in [4.69, 9.17) is 4.74 Å². The van der Waals surface area contributed by atoms with Crippen LogP contribution in [0.15, 0.2) is 95.5 Å². The van der Waals surface area contributed by atoms with Crippen LogP contribution in [0.25, 0.3) is 10.8 Å². The van der Waals surface area contributed by atoms with E-state index < -0.39 is 17.9 Å². The van der Waals surface area contributed by atoms with E-state index in [0.717, 1.165) is 32.1 Å².